The Bertz CT molecular complexity index is 413. The smallest absolute Gasteiger partial charge is 0.306 e. The topological polar surface area (TPSA) is 46.5 Å². The van der Waals surface area contributed by atoms with Crippen molar-refractivity contribution < 1.29 is 14.6 Å². The number of hydrogen-bond donors (Lipinski definition) is 1. The van der Waals surface area contributed by atoms with Gasteiger partial charge in [0.05, 0.1) is 18.6 Å². The van der Waals surface area contributed by atoms with Gasteiger partial charge in [0.25, 0.3) is 0 Å². The number of carboxylic acid groups (broad SMARTS) is 1. The van der Waals surface area contributed by atoms with E-state index < -0.39 is 11.6 Å². The summed E-state index contributed by atoms with van der Waals surface area (Å²) < 4.78 is 6.83. The van der Waals surface area contributed by atoms with E-state index in [1.54, 1.807) is 0 Å². The monoisotopic (exact) mass is 298 g/mol. The van der Waals surface area contributed by atoms with Crippen molar-refractivity contribution in [3.8, 4) is 0 Å². The summed E-state index contributed by atoms with van der Waals surface area (Å²) >= 11 is 3.40. The molecular weight excluding hydrogens is 284 g/mol. The molecule has 1 aromatic carbocycles. The van der Waals surface area contributed by atoms with Crippen LogP contribution in [-0.2, 0) is 16.1 Å². The second kappa shape index (κ2) is 5.19. The Labute approximate surface area is 109 Å². The first-order valence-electron chi connectivity index (χ1n) is 5.70. The van der Waals surface area contributed by atoms with Crippen molar-refractivity contribution >= 4 is 21.9 Å². The molecular formula is C13H15BrO3. The number of carbonyl (C=O) groups is 1. The molecule has 0 amide bonds. The summed E-state index contributed by atoms with van der Waals surface area (Å²) in [5.41, 5.74) is 0.643. The average molecular weight is 299 g/mol. The molecule has 1 N–H and O–H groups in total. The first kappa shape index (κ1) is 12.6. The molecule has 0 atom stereocenters. The molecule has 0 saturated heterocycles. The van der Waals surface area contributed by atoms with Crippen LogP contribution in [0.25, 0.3) is 0 Å². The normalized spacial score (nSPS) is 17.5. The van der Waals surface area contributed by atoms with E-state index in [4.69, 9.17) is 9.84 Å². The zero-order chi connectivity index (χ0) is 12.3. The molecule has 1 saturated carbocycles. The molecule has 0 aliphatic heterocycles. The minimum absolute atomic E-state index is 0.112. The van der Waals surface area contributed by atoms with Crippen LogP contribution in [0, 0.1) is 0 Å². The van der Waals surface area contributed by atoms with Gasteiger partial charge in [-0.2, -0.15) is 0 Å². The van der Waals surface area contributed by atoms with Crippen LogP contribution in [0.2, 0.25) is 0 Å². The van der Waals surface area contributed by atoms with Crippen molar-refractivity contribution in [2.45, 2.75) is 37.9 Å². The fraction of sp³-hybridized carbons (Fsp3) is 0.462. The van der Waals surface area contributed by atoms with Gasteiger partial charge in [0.1, 0.15) is 0 Å². The third-order valence-corrected chi connectivity index (χ3v) is 3.67. The molecule has 1 fully saturated rings. The molecule has 17 heavy (non-hydrogen) atoms. The Hall–Kier alpha value is -0.870. The van der Waals surface area contributed by atoms with E-state index >= 15 is 0 Å². The number of carboxylic acids is 1. The summed E-state index contributed by atoms with van der Waals surface area (Å²) in [5, 5.41) is 8.87. The largest absolute Gasteiger partial charge is 0.481 e. The second-order valence-corrected chi connectivity index (χ2v) is 5.44. The molecule has 3 nitrogen and oxygen atoms in total. The first-order chi connectivity index (χ1) is 8.10. The highest BCUT2D eigenvalue weighted by molar-refractivity contribution is 9.10. The highest BCUT2D eigenvalue weighted by atomic mass is 79.9. The van der Waals surface area contributed by atoms with Crippen LogP contribution in [0.3, 0.4) is 0 Å². The van der Waals surface area contributed by atoms with Crippen LogP contribution in [0.4, 0.5) is 0 Å². The summed E-state index contributed by atoms with van der Waals surface area (Å²) in [5.74, 6) is -0.779. The van der Waals surface area contributed by atoms with E-state index in [1.165, 1.54) is 0 Å². The van der Waals surface area contributed by atoms with Crippen molar-refractivity contribution in [2.75, 3.05) is 0 Å². The molecule has 0 bridgehead atoms. The molecule has 1 aliphatic rings. The molecule has 1 aromatic rings. The van der Waals surface area contributed by atoms with E-state index in [2.05, 4.69) is 15.9 Å². The van der Waals surface area contributed by atoms with Crippen LogP contribution >= 0.6 is 15.9 Å². The van der Waals surface area contributed by atoms with Crippen LogP contribution in [-0.4, -0.2) is 16.7 Å². The predicted octanol–water partition coefficient (Wildman–Crippen LogP) is 3.36. The molecule has 0 unspecified atom stereocenters. The minimum Gasteiger partial charge on any atom is -0.481 e. The minimum atomic E-state index is -0.779. The number of rotatable bonds is 5. The molecule has 0 aromatic heterocycles. The van der Waals surface area contributed by atoms with Crippen molar-refractivity contribution in [1.82, 2.24) is 0 Å². The Morgan fingerprint density at radius 2 is 2.24 bits per heavy atom. The third-order valence-electron chi connectivity index (χ3n) is 3.17. The zero-order valence-electron chi connectivity index (χ0n) is 9.49. The van der Waals surface area contributed by atoms with Gasteiger partial charge in [0.2, 0.25) is 0 Å². The Kier molecular flexibility index (Phi) is 3.84. The van der Waals surface area contributed by atoms with Gasteiger partial charge in [0.15, 0.2) is 0 Å². The van der Waals surface area contributed by atoms with Crippen molar-refractivity contribution in [3.05, 3.63) is 34.3 Å². The van der Waals surface area contributed by atoms with E-state index in [-0.39, 0.29) is 6.42 Å². The Morgan fingerprint density at radius 1 is 1.47 bits per heavy atom. The van der Waals surface area contributed by atoms with Crippen molar-refractivity contribution in [1.29, 1.82) is 0 Å². The maximum atomic E-state index is 10.8. The van der Waals surface area contributed by atoms with Gasteiger partial charge in [0, 0.05) is 4.47 Å². The SMILES string of the molecule is O=C(O)CC1(OCc2cccc(Br)c2)CCC1. The zero-order valence-corrected chi connectivity index (χ0v) is 11.1. The van der Waals surface area contributed by atoms with E-state index in [0.29, 0.717) is 6.61 Å². The molecule has 1 aliphatic carbocycles. The summed E-state index contributed by atoms with van der Waals surface area (Å²) in [6, 6.07) is 7.89. The summed E-state index contributed by atoms with van der Waals surface area (Å²) in [6.45, 7) is 0.479. The lowest BCUT2D eigenvalue weighted by atomic mass is 9.77. The van der Waals surface area contributed by atoms with Gasteiger partial charge in [-0.3, -0.25) is 4.79 Å². The van der Waals surface area contributed by atoms with Gasteiger partial charge in [-0.25, -0.2) is 0 Å². The Balaban J connectivity index is 1.94. The molecule has 0 heterocycles. The second-order valence-electron chi connectivity index (χ2n) is 4.53. The Morgan fingerprint density at radius 3 is 2.76 bits per heavy atom. The molecule has 0 spiro atoms. The van der Waals surface area contributed by atoms with E-state index in [1.807, 2.05) is 24.3 Å². The van der Waals surface area contributed by atoms with Crippen molar-refractivity contribution in [3.63, 3.8) is 0 Å². The summed E-state index contributed by atoms with van der Waals surface area (Å²) in [6.07, 6.45) is 2.88. The lowest BCUT2D eigenvalue weighted by Crippen LogP contribution is -2.42. The van der Waals surface area contributed by atoms with Gasteiger partial charge in [-0.15, -0.1) is 0 Å². The first-order valence-corrected chi connectivity index (χ1v) is 6.49. The molecule has 92 valence electrons. The van der Waals surface area contributed by atoms with Crippen LogP contribution in [0.15, 0.2) is 28.7 Å². The lowest BCUT2D eigenvalue weighted by Gasteiger charge is -2.40. The highest BCUT2D eigenvalue weighted by Gasteiger charge is 2.40. The number of aliphatic carboxylic acids is 1. The van der Waals surface area contributed by atoms with Crippen LogP contribution < -0.4 is 0 Å². The lowest BCUT2D eigenvalue weighted by molar-refractivity contribution is -0.156. The third kappa shape index (κ3) is 3.30. The number of halogens is 1. The van der Waals surface area contributed by atoms with Gasteiger partial charge >= 0.3 is 5.97 Å². The van der Waals surface area contributed by atoms with Gasteiger partial charge in [-0.1, -0.05) is 28.1 Å². The molecule has 4 heteroatoms. The summed E-state index contributed by atoms with van der Waals surface area (Å²) in [4.78, 5) is 10.8. The predicted molar refractivity (Wildman–Crippen MR) is 67.8 cm³/mol. The van der Waals surface area contributed by atoms with E-state index in [9.17, 15) is 4.79 Å². The maximum absolute atomic E-state index is 10.8. The average Bonchev–Trinajstić information content (AvgIpc) is 2.21. The quantitative estimate of drug-likeness (QED) is 0.907. The number of benzene rings is 1. The van der Waals surface area contributed by atoms with Gasteiger partial charge in [-0.05, 0) is 37.0 Å². The number of ether oxygens (including phenoxy) is 1. The number of hydrogen-bond acceptors (Lipinski definition) is 2. The van der Waals surface area contributed by atoms with Crippen LogP contribution in [0.1, 0.15) is 31.2 Å². The fourth-order valence-corrected chi connectivity index (χ4v) is 2.53. The maximum Gasteiger partial charge on any atom is 0.306 e. The van der Waals surface area contributed by atoms with Crippen LogP contribution in [0.5, 0.6) is 0 Å². The van der Waals surface area contributed by atoms with Gasteiger partial charge < -0.3 is 9.84 Å². The molecule has 0 radical (unpaired) electrons. The standard InChI is InChI=1S/C13H15BrO3/c14-11-4-1-3-10(7-11)9-17-13(5-2-6-13)8-12(15)16/h1,3-4,7H,2,5-6,8-9H2,(H,15,16). The highest BCUT2D eigenvalue weighted by Crippen LogP contribution is 2.39. The fourth-order valence-electron chi connectivity index (χ4n) is 2.08. The molecule has 2 rings (SSSR count). The van der Waals surface area contributed by atoms with E-state index in [0.717, 1.165) is 29.3 Å². The van der Waals surface area contributed by atoms with Crippen molar-refractivity contribution in [2.24, 2.45) is 0 Å². The summed E-state index contributed by atoms with van der Waals surface area (Å²) in [7, 11) is 0.